The summed E-state index contributed by atoms with van der Waals surface area (Å²) < 4.78 is 3.78. The zero-order chi connectivity index (χ0) is 16.7. The molecule has 2 aromatic heterocycles. The molecule has 1 N–H and O–H groups in total. The second-order valence-corrected chi connectivity index (χ2v) is 6.14. The molecule has 7 heteroatoms. The highest BCUT2D eigenvalue weighted by Gasteiger charge is 2.33. The number of nitrogens with one attached hydrogen (secondary N) is 1. The molecule has 0 aliphatic carbocycles. The van der Waals surface area contributed by atoms with Crippen molar-refractivity contribution >= 4 is 22.8 Å². The van der Waals surface area contributed by atoms with E-state index >= 15 is 0 Å². The number of benzene rings is 1. The first kappa shape index (κ1) is 14.9. The van der Waals surface area contributed by atoms with Gasteiger partial charge in [0.05, 0.1) is 23.6 Å². The summed E-state index contributed by atoms with van der Waals surface area (Å²) >= 11 is 0. The molecule has 24 heavy (non-hydrogen) atoms. The highest BCUT2D eigenvalue weighted by atomic mass is 16.2. The number of carbonyl (C=O) groups excluding carboxylic acids is 1. The molecule has 1 aromatic carbocycles. The van der Waals surface area contributed by atoms with Crippen LogP contribution in [-0.2, 0) is 25.4 Å². The highest BCUT2D eigenvalue weighted by molar-refractivity contribution is 5.98. The molecule has 1 unspecified atom stereocenters. The number of amides is 1. The number of para-hydroxylation sites is 2. The maximum absolute atomic E-state index is 12.6. The number of aryl methyl sites for hydroxylation is 2. The number of anilines is 1. The maximum atomic E-state index is 12.6. The van der Waals surface area contributed by atoms with Gasteiger partial charge in [0.1, 0.15) is 5.82 Å². The highest BCUT2D eigenvalue weighted by Crippen LogP contribution is 2.20. The molecular formula is C17H20N6O. The van der Waals surface area contributed by atoms with E-state index in [4.69, 9.17) is 0 Å². The van der Waals surface area contributed by atoms with Crippen molar-refractivity contribution in [3.8, 4) is 0 Å². The fourth-order valence-electron chi connectivity index (χ4n) is 3.21. The van der Waals surface area contributed by atoms with Crippen LogP contribution < -0.4 is 10.2 Å². The summed E-state index contributed by atoms with van der Waals surface area (Å²) in [6.07, 6.45) is 2.63. The fraction of sp³-hybridized carbons (Fsp3) is 0.353. The molecule has 1 aliphatic rings. The van der Waals surface area contributed by atoms with Gasteiger partial charge in [-0.2, -0.15) is 5.10 Å². The van der Waals surface area contributed by atoms with E-state index in [9.17, 15) is 4.79 Å². The fourth-order valence-corrected chi connectivity index (χ4v) is 3.21. The largest absolute Gasteiger partial charge is 0.330 e. The van der Waals surface area contributed by atoms with Gasteiger partial charge in [0.2, 0.25) is 5.91 Å². The standard InChI is InChI=1S/C17H20N6O/c1-21-9-8-15(20-21)23-10-7-13(17(23)24)18-11-16-19-12-5-3-4-6-14(12)22(16)2/h3-6,8-9,13,18H,7,10-11H2,1-2H3. The average Bonchev–Trinajstić information content (AvgIpc) is 3.25. The number of imidazole rings is 1. The minimum Gasteiger partial charge on any atom is -0.330 e. The van der Waals surface area contributed by atoms with Crippen LogP contribution in [0.25, 0.3) is 11.0 Å². The van der Waals surface area contributed by atoms with Gasteiger partial charge in [-0.15, -0.1) is 0 Å². The molecule has 124 valence electrons. The zero-order valence-electron chi connectivity index (χ0n) is 13.8. The summed E-state index contributed by atoms with van der Waals surface area (Å²) in [5.41, 5.74) is 2.08. The first-order valence-corrected chi connectivity index (χ1v) is 8.08. The van der Waals surface area contributed by atoms with Crippen LogP contribution in [0.2, 0.25) is 0 Å². The zero-order valence-corrected chi connectivity index (χ0v) is 13.8. The Balaban J connectivity index is 1.46. The van der Waals surface area contributed by atoms with Gasteiger partial charge >= 0.3 is 0 Å². The monoisotopic (exact) mass is 324 g/mol. The third-order valence-electron chi connectivity index (χ3n) is 4.57. The van der Waals surface area contributed by atoms with E-state index in [1.165, 1.54) is 0 Å². The quantitative estimate of drug-likeness (QED) is 0.783. The van der Waals surface area contributed by atoms with Gasteiger partial charge in [-0.05, 0) is 18.6 Å². The van der Waals surface area contributed by atoms with Crippen molar-refractivity contribution in [2.75, 3.05) is 11.4 Å². The average molecular weight is 324 g/mol. The molecule has 1 amide bonds. The van der Waals surface area contributed by atoms with Crippen LogP contribution in [0, 0.1) is 0 Å². The number of carbonyl (C=O) groups is 1. The van der Waals surface area contributed by atoms with Crippen LogP contribution in [0.1, 0.15) is 12.2 Å². The van der Waals surface area contributed by atoms with E-state index in [0.29, 0.717) is 13.1 Å². The summed E-state index contributed by atoms with van der Waals surface area (Å²) in [5, 5.41) is 7.66. The Morgan fingerprint density at radius 2 is 2.08 bits per heavy atom. The van der Waals surface area contributed by atoms with Crippen LogP contribution in [0.3, 0.4) is 0 Å². The SMILES string of the molecule is Cn1ccc(N2CCC(NCc3nc4ccccc4n3C)C2=O)n1. The van der Waals surface area contributed by atoms with E-state index < -0.39 is 0 Å². The van der Waals surface area contributed by atoms with Gasteiger partial charge in [-0.3, -0.25) is 19.7 Å². The first-order valence-electron chi connectivity index (χ1n) is 8.08. The molecule has 3 aromatic rings. The van der Waals surface area contributed by atoms with Crippen molar-refractivity contribution in [1.29, 1.82) is 0 Å². The van der Waals surface area contributed by atoms with E-state index in [-0.39, 0.29) is 11.9 Å². The normalized spacial score (nSPS) is 18.0. The number of aromatic nitrogens is 4. The summed E-state index contributed by atoms with van der Waals surface area (Å²) in [5.74, 6) is 1.72. The van der Waals surface area contributed by atoms with Crippen molar-refractivity contribution in [3.05, 3.63) is 42.4 Å². The van der Waals surface area contributed by atoms with Crippen molar-refractivity contribution in [1.82, 2.24) is 24.6 Å². The number of hydrogen-bond acceptors (Lipinski definition) is 4. The molecule has 0 spiro atoms. The Bertz CT molecular complexity index is 896. The third kappa shape index (κ3) is 2.46. The summed E-state index contributed by atoms with van der Waals surface area (Å²) in [7, 11) is 3.86. The lowest BCUT2D eigenvalue weighted by atomic mass is 10.2. The van der Waals surface area contributed by atoms with Crippen LogP contribution in [0.15, 0.2) is 36.5 Å². The van der Waals surface area contributed by atoms with Crippen LogP contribution in [-0.4, -0.2) is 37.8 Å². The van der Waals surface area contributed by atoms with Gasteiger partial charge in [0.15, 0.2) is 5.82 Å². The molecule has 0 saturated carbocycles. The number of nitrogens with zero attached hydrogens (tertiary/aromatic N) is 5. The third-order valence-corrected chi connectivity index (χ3v) is 4.57. The molecule has 7 nitrogen and oxygen atoms in total. The van der Waals surface area contributed by atoms with E-state index in [1.54, 1.807) is 9.58 Å². The predicted molar refractivity (Wildman–Crippen MR) is 91.5 cm³/mol. The van der Waals surface area contributed by atoms with Crippen molar-refractivity contribution in [2.24, 2.45) is 14.1 Å². The second kappa shape index (κ2) is 5.76. The smallest absolute Gasteiger partial charge is 0.245 e. The Kier molecular flexibility index (Phi) is 3.57. The Labute approximate surface area is 139 Å². The van der Waals surface area contributed by atoms with Crippen molar-refractivity contribution in [2.45, 2.75) is 19.0 Å². The van der Waals surface area contributed by atoms with Gasteiger partial charge in [-0.25, -0.2) is 4.98 Å². The van der Waals surface area contributed by atoms with Crippen LogP contribution in [0.5, 0.6) is 0 Å². The topological polar surface area (TPSA) is 68.0 Å². The number of rotatable bonds is 4. The van der Waals surface area contributed by atoms with Gasteiger partial charge in [0, 0.05) is 32.9 Å². The Morgan fingerprint density at radius 3 is 2.83 bits per heavy atom. The van der Waals surface area contributed by atoms with Crippen LogP contribution >= 0.6 is 0 Å². The van der Waals surface area contributed by atoms with E-state index in [1.807, 2.05) is 44.6 Å². The summed E-state index contributed by atoms with van der Waals surface area (Å²) in [6, 6.07) is 9.72. The van der Waals surface area contributed by atoms with Crippen molar-refractivity contribution < 1.29 is 4.79 Å². The molecular weight excluding hydrogens is 304 g/mol. The van der Waals surface area contributed by atoms with Gasteiger partial charge < -0.3 is 4.57 Å². The maximum Gasteiger partial charge on any atom is 0.245 e. The molecule has 1 atom stereocenters. The van der Waals surface area contributed by atoms with Gasteiger partial charge in [-0.1, -0.05) is 12.1 Å². The number of hydrogen-bond donors (Lipinski definition) is 1. The lowest BCUT2D eigenvalue weighted by Gasteiger charge is -2.14. The molecule has 1 aliphatic heterocycles. The van der Waals surface area contributed by atoms with Gasteiger partial charge in [0.25, 0.3) is 0 Å². The molecule has 0 bridgehead atoms. The second-order valence-electron chi connectivity index (χ2n) is 6.14. The Hall–Kier alpha value is -2.67. The lowest BCUT2D eigenvalue weighted by Crippen LogP contribution is -2.38. The van der Waals surface area contributed by atoms with Crippen LogP contribution in [0.4, 0.5) is 5.82 Å². The first-order chi connectivity index (χ1) is 11.6. The molecule has 4 rings (SSSR count). The Morgan fingerprint density at radius 1 is 1.25 bits per heavy atom. The molecule has 1 fully saturated rings. The minimum absolute atomic E-state index is 0.0764. The molecule has 1 saturated heterocycles. The van der Waals surface area contributed by atoms with Crippen molar-refractivity contribution in [3.63, 3.8) is 0 Å². The molecule has 0 radical (unpaired) electrons. The van der Waals surface area contributed by atoms with E-state index in [0.717, 1.165) is 29.1 Å². The summed E-state index contributed by atoms with van der Waals surface area (Å²) in [4.78, 5) is 19.0. The lowest BCUT2D eigenvalue weighted by molar-refractivity contribution is -0.118. The van der Waals surface area contributed by atoms with E-state index in [2.05, 4.69) is 26.0 Å². The summed E-state index contributed by atoms with van der Waals surface area (Å²) in [6.45, 7) is 1.26. The predicted octanol–water partition coefficient (Wildman–Crippen LogP) is 1.20. The number of fused-ring (bicyclic) bond motifs is 1. The molecule has 3 heterocycles. The minimum atomic E-state index is -0.188.